The molecule has 0 bridgehead atoms. The van der Waals surface area contributed by atoms with Gasteiger partial charge in [-0.2, -0.15) is 4.39 Å². The van der Waals surface area contributed by atoms with Gasteiger partial charge >= 0.3 is 0 Å². The van der Waals surface area contributed by atoms with Gasteiger partial charge in [-0.1, -0.05) is 0 Å². The van der Waals surface area contributed by atoms with Crippen LogP contribution in [0.2, 0.25) is 0 Å². The number of aliphatic hydroxyl groups excluding tert-OH is 1. The minimum Gasteiger partial charge on any atom is -0.389 e. The number of aliphatic hydroxyl groups is 1. The average molecular weight is 159 g/mol. The summed E-state index contributed by atoms with van der Waals surface area (Å²) in [5, 5.41) is 8.89. The van der Waals surface area contributed by atoms with E-state index in [1.165, 1.54) is 13.0 Å². The number of nitrogens with zero attached hydrogens (tertiary/aromatic N) is 1. The Morgan fingerprint density at radius 3 is 2.64 bits per heavy atom. The van der Waals surface area contributed by atoms with Gasteiger partial charge in [-0.05, 0) is 13.0 Å². The molecule has 0 saturated carbocycles. The molecule has 1 atom stereocenters. The van der Waals surface area contributed by atoms with Gasteiger partial charge in [0.2, 0.25) is 5.95 Å². The third-order valence-corrected chi connectivity index (χ3v) is 1.33. The largest absolute Gasteiger partial charge is 0.389 e. The molecule has 11 heavy (non-hydrogen) atoms. The molecule has 0 amide bonds. The Balaban J connectivity index is 3.17. The Hall–Kier alpha value is -1.03. The van der Waals surface area contributed by atoms with E-state index in [0.29, 0.717) is 0 Å². The van der Waals surface area contributed by atoms with Crippen LogP contribution < -0.4 is 0 Å². The van der Waals surface area contributed by atoms with E-state index in [1.54, 1.807) is 0 Å². The fourth-order valence-corrected chi connectivity index (χ4v) is 0.755. The molecule has 1 N–H and O–H groups in total. The Kier molecular flexibility index (Phi) is 2.14. The van der Waals surface area contributed by atoms with Crippen LogP contribution in [-0.4, -0.2) is 10.1 Å². The van der Waals surface area contributed by atoms with Crippen LogP contribution >= 0.6 is 0 Å². The zero-order valence-electron chi connectivity index (χ0n) is 5.88. The summed E-state index contributed by atoms with van der Waals surface area (Å²) in [5.74, 6) is -2.26. The van der Waals surface area contributed by atoms with Crippen molar-refractivity contribution in [1.29, 1.82) is 0 Å². The monoisotopic (exact) mass is 159 g/mol. The average Bonchev–Trinajstić information content (AvgIpc) is 1.94. The first-order chi connectivity index (χ1) is 5.13. The van der Waals surface area contributed by atoms with Gasteiger partial charge in [-0.25, -0.2) is 9.37 Å². The second-order valence-electron chi connectivity index (χ2n) is 2.18. The molecule has 60 valence electrons. The van der Waals surface area contributed by atoms with E-state index in [4.69, 9.17) is 5.11 Å². The lowest BCUT2D eigenvalue weighted by atomic mass is 10.2. The van der Waals surface area contributed by atoms with Crippen molar-refractivity contribution in [3.63, 3.8) is 0 Å². The van der Waals surface area contributed by atoms with E-state index in [2.05, 4.69) is 4.98 Å². The second-order valence-corrected chi connectivity index (χ2v) is 2.18. The van der Waals surface area contributed by atoms with Crippen LogP contribution in [0, 0.1) is 11.8 Å². The van der Waals surface area contributed by atoms with Gasteiger partial charge in [0.15, 0.2) is 5.82 Å². The second kappa shape index (κ2) is 2.92. The third kappa shape index (κ3) is 1.51. The van der Waals surface area contributed by atoms with E-state index < -0.39 is 17.9 Å². The lowest BCUT2D eigenvalue weighted by molar-refractivity contribution is 0.192. The maximum Gasteiger partial charge on any atom is 0.249 e. The molecule has 1 rings (SSSR count). The lowest BCUT2D eigenvalue weighted by Crippen LogP contribution is -1.99. The van der Waals surface area contributed by atoms with Crippen molar-refractivity contribution in [2.45, 2.75) is 13.0 Å². The van der Waals surface area contributed by atoms with Crippen LogP contribution in [0.15, 0.2) is 12.3 Å². The number of pyridine rings is 1. The fraction of sp³-hybridized carbons (Fsp3) is 0.286. The SMILES string of the molecule is CC(O)c1ccnc(F)c1F. The number of hydrogen-bond donors (Lipinski definition) is 1. The molecule has 1 unspecified atom stereocenters. The van der Waals surface area contributed by atoms with E-state index >= 15 is 0 Å². The Morgan fingerprint density at radius 1 is 1.55 bits per heavy atom. The molecule has 0 aliphatic rings. The molecular weight excluding hydrogens is 152 g/mol. The Morgan fingerprint density at radius 2 is 2.18 bits per heavy atom. The summed E-state index contributed by atoms with van der Waals surface area (Å²) >= 11 is 0. The van der Waals surface area contributed by atoms with Crippen molar-refractivity contribution >= 4 is 0 Å². The third-order valence-electron chi connectivity index (χ3n) is 1.33. The molecule has 0 aromatic carbocycles. The number of aromatic nitrogens is 1. The standard InChI is InChI=1S/C7H7F2NO/c1-4(11)5-2-3-10-7(9)6(5)8/h2-4,11H,1H3. The van der Waals surface area contributed by atoms with Gasteiger partial charge in [0.1, 0.15) is 0 Å². The molecule has 1 aromatic rings. The summed E-state index contributed by atoms with van der Waals surface area (Å²) in [4.78, 5) is 3.07. The van der Waals surface area contributed by atoms with Gasteiger partial charge in [0.25, 0.3) is 0 Å². The van der Waals surface area contributed by atoms with E-state index in [1.807, 2.05) is 0 Å². The van der Waals surface area contributed by atoms with Crippen LogP contribution in [0.25, 0.3) is 0 Å². The highest BCUT2D eigenvalue weighted by molar-refractivity contribution is 5.15. The van der Waals surface area contributed by atoms with Gasteiger partial charge in [0, 0.05) is 11.8 Å². The fourth-order valence-electron chi connectivity index (χ4n) is 0.755. The summed E-state index contributed by atoms with van der Waals surface area (Å²) in [5.41, 5.74) is -0.0718. The molecule has 1 aromatic heterocycles. The summed E-state index contributed by atoms with van der Waals surface area (Å²) in [6, 6.07) is 1.24. The first-order valence-electron chi connectivity index (χ1n) is 3.11. The predicted octanol–water partition coefficient (Wildman–Crippen LogP) is 1.41. The van der Waals surface area contributed by atoms with Crippen molar-refractivity contribution in [2.24, 2.45) is 0 Å². The smallest absolute Gasteiger partial charge is 0.249 e. The molecule has 0 aliphatic carbocycles. The molecule has 0 saturated heterocycles. The summed E-state index contributed by atoms with van der Waals surface area (Å²) < 4.78 is 25.0. The van der Waals surface area contributed by atoms with Crippen LogP contribution in [0.1, 0.15) is 18.6 Å². The summed E-state index contributed by atoms with van der Waals surface area (Å²) in [7, 11) is 0. The lowest BCUT2D eigenvalue weighted by Gasteiger charge is -2.04. The number of rotatable bonds is 1. The Labute approximate surface area is 62.5 Å². The molecule has 0 fully saturated rings. The maximum absolute atomic E-state index is 12.7. The predicted molar refractivity (Wildman–Crippen MR) is 34.8 cm³/mol. The summed E-state index contributed by atoms with van der Waals surface area (Å²) in [6.45, 7) is 1.36. The number of hydrogen-bond acceptors (Lipinski definition) is 2. The van der Waals surface area contributed by atoms with Crippen LogP contribution in [0.3, 0.4) is 0 Å². The molecule has 0 spiro atoms. The van der Waals surface area contributed by atoms with Crippen LogP contribution in [0.4, 0.5) is 8.78 Å². The molecular formula is C7H7F2NO. The first-order valence-corrected chi connectivity index (χ1v) is 3.11. The van der Waals surface area contributed by atoms with Gasteiger partial charge in [-0.3, -0.25) is 0 Å². The topological polar surface area (TPSA) is 33.1 Å². The summed E-state index contributed by atoms with van der Waals surface area (Å²) in [6.07, 6.45) is 0.105. The Bertz CT molecular complexity index is 263. The van der Waals surface area contributed by atoms with Gasteiger partial charge < -0.3 is 5.11 Å². The van der Waals surface area contributed by atoms with E-state index in [9.17, 15) is 8.78 Å². The molecule has 4 heteroatoms. The number of halogens is 2. The van der Waals surface area contributed by atoms with Crippen LogP contribution in [-0.2, 0) is 0 Å². The molecule has 0 radical (unpaired) electrons. The van der Waals surface area contributed by atoms with Crippen molar-refractivity contribution in [3.8, 4) is 0 Å². The van der Waals surface area contributed by atoms with Crippen molar-refractivity contribution in [1.82, 2.24) is 4.98 Å². The highest BCUT2D eigenvalue weighted by Gasteiger charge is 2.11. The van der Waals surface area contributed by atoms with Crippen molar-refractivity contribution < 1.29 is 13.9 Å². The molecule has 1 heterocycles. The van der Waals surface area contributed by atoms with E-state index in [0.717, 1.165) is 6.20 Å². The quantitative estimate of drug-likeness (QED) is 0.628. The molecule has 0 aliphatic heterocycles. The van der Waals surface area contributed by atoms with E-state index in [-0.39, 0.29) is 5.56 Å². The maximum atomic E-state index is 12.7. The first kappa shape index (κ1) is 8.07. The van der Waals surface area contributed by atoms with Crippen molar-refractivity contribution in [2.75, 3.05) is 0 Å². The van der Waals surface area contributed by atoms with Crippen LogP contribution in [0.5, 0.6) is 0 Å². The van der Waals surface area contributed by atoms with Gasteiger partial charge in [-0.15, -0.1) is 0 Å². The highest BCUT2D eigenvalue weighted by atomic mass is 19.2. The zero-order chi connectivity index (χ0) is 8.43. The minimum atomic E-state index is -1.18. The molecule has 2 nitrogen and oxygen atoms in total. The van der Waals surface area contributed by atoms with Crippen molar-refractivity contribution in [3.05, 3.63) is 29.6 Å². The zero-order valence-corrected chi connectivity index (χ0v) is 5.88. The normalized spacial score (nSPS) is 13.1. The highest BCUT2D eigenvalue weighted by Crippen LogP contribution is 2.16. The minimum absolute atomic E-state index is 0.0718. The van der Waals surface area contributed by atoms with Gasteiger partial charge in [0.05, 0.1) is 6.10 Å².